The van der Waals surface area contributed by atoms with Crippen molar-refractivity contribution >= 4 is 5.91 Å². The first kappa shape index (κ1) is 18.3. The molecule has 6 heteroatoms. The van der Waals surface area contributed by atoms with Crippen molar-refractivity contribution in [1.29, 1.82) is 0 Å². The molecule has 2 fully saturated rings. The summed E-state index contributed by atoms with van der Waals surface area (Å²) in [6.45, 7) is 5.13. The number of carbonyl (C=O) groups excluding carboxylic acids is 1. The number of nitrogens with zero attached hydrogens (tertiary/aromatic N) is 1. The van der Waals surface area contributed by atoms with Gasteiger partial charge in [-0.2, -0.15) is 0 Å². The molecular formula is C19H27F2N3O. The van der Waals surface area contributed by atoms with Crippen LogP contribution in [0.3, 0.4) is 0 Å². The summed E-state index contributed by atoms with van der Waals surface area (Å²) in [5.74, 6) is -0.346. The maximum absolute atomic E-state index is 14.0. The number of piperidine rings is 1. The first-order chi connectivity index (χ1) is 12.0. The van der Waals surface area contributed by atoms with Crippen LogP contribution in [0.5, 0.6) is 0 Å². The maximum Gasteiger partial charge on any atom is 0.237 e. The molecule has 0 aliphatic carbocycles. The lowest BCUT2D eigenvalue weighted by molar-refractivity contribution is -0.123. The van der Waals surface area contributed by atoms with E-state index in [0.717, 1.165) is 51.4 Å². The van der Waals surface area contributed by atoms with Crippen molar-refractivity contribution in [3.63, 3.8) is 0 Å². The molecule has 3 atom stereocenters. The molecule has 4 nitrogen and oxygen atoms in total. The Hall–Kier alpha value is -1.53. The monoisotopic (exact) mass is 351 g/mol. The minimum Gasteiger partial charge on any atom is -0.354 e. The molecule has 1 aromatic carbocycles. The molecule has 0 aromatic heterocycles. The van der Waals surface area contributed by atoms with Gasteiger partial charge in [0.2, 0.25) is 5.91 Å². The first-order valence-electron chi connectivity index (χ1n) is 9.24. The number of nitrogens with one attached hydrogen (secondary N) is 2. The molecule has 0 spiro atoms. The molecule has 2 aliphatic heterocycles. The van der Waals surface area contributed by atoms with Crippen LogP contribution >= 0.6 is 0 Å². The quantitative estimate of drug-likeness (QED) is 0.857. The number of halogens is 2. The van der Waals surface area contributed by atoms with Crippen molar-refractivity contribution in [2.45, 2.75) is 44.7 Å². The fourth-order valence-electron chi connectivity index (χ4n) is 3.92. The Morgan fingerprint density at radius 3 is 2.96 bits per heavy atom. The Kier molecular flexibility index (Phi) is 6.02. The maximum atomic E-state index is 14.0. The van der Waals surface area contributed by atoms with E-state index in [1.807, 2.05) is 6.92 Å². The normalized spacial score (nSPS) is 25.7. The zero-order chi connectivity index (χ0) is 17.8. The Morgan fingerprint density at radius 1 is 1.36 bits per heavy atom. The van der Waals surface area contributed by atoms with Crippen LogP contribution in [0.25, 0.3) is 0 Å². The SMILES string of the molecule is CC(c1cc(F)ccc1F)N1CCCC(CNC(=O)C2CCCN2)C1. The number of benzene rings is 1. The van der Waals surface area contributed by atoms with Crippen molar-refractivity contribution in [2.24, 2.45) is 5.92 Å². The van der Waals surface area contributed by atoms with Crippen LogP contribution < -0.4 is 10.6 Å². The number of hydrogen-bond acceptors (Lipinski definition) is 3. The standard InChI is InChI=1S/C19H27F2N3O/c1-13(16-10-15(20)6-7-17(16)21)24-9-3-4-14(12-24)11-23-19(25)18-5-2-8-22-18/h6-7,10,13-14,18,22H,2-5,8-9,11-12H2,1H3,(H,23,25). The van der Waals surface area contributed by atoms with Crippen molar-refractivity contribution in [2.75, 3.05) is 26.2 Å². The fraction of sp³-hybridized carbons (Fsp3) is 0.632. The Bertz CT molecular complexity index is 604. The summed E-state index contributed by atoms with van der Waals surface area (Å²) in [6.07, 6.45) is 4.00. The Morgan fingerprint density at radius 2 is 2.20 bits per heavy atom. The highest BCUT2D eigenvalue weighted by atomic mass is 19.1. The molecule has 3 rings (SSSR count). The van der Waals surface area contributed by atoms with E-state index in [1.165, 1.54) is 12.1 Å². The predicted octanol–water partition coefficient (Wildman–Crippen LogP) is 2.61. The third-order valence-corrected chi connectivity index (χ3v) is 5.45. The second-order valence-corrected chi connectivity index (χ2v) is 7.24. The zero-order valence-electron chi connectivity index (χ0n) is 14.7. The number of carbonyl (C=O) groups is 1. The van der Waals surface area contributed by atoms with E-state index in [0.29, 0.717) is 18.0 Å². The van der Waals surface area contributed by atoms with Gasteiger partial charge in [0.1, 0.15) is 11.6 Å². The molecule has 25 heavy (non-hydrogen) atoms. The van der Waals surface area contributed by atoms with Crippen LogP contribution in [0, 0.1) is 17.6 Å². The van der Waals surface area contributed by atoms with Crippen molar-refractivity contribution in [1.82, 2.24) is 15.5 Å². The molecular weight excluding hydrogens is 324 g/mol. The fourth-order valence-corrected chi connectivity index (χ4v) is 3.92. The molecule has 2 heterocycles. The molecule has 1 amide bonds. The number of rotatable bonds is 5. The Labute approximate surface area is 148 Å². The van der Waals surface area contributed by atoms with Crippen LogP contribution in [0.2, 0.25) is 0 Å². The van der Waals surface area contributed by atoms with E-state index in [-0.39, 0.29) is 23.8 Å². The van der Waals surface area contributed by atoms with E-state index in [9.17, 15) is 13.6 Å². The van der Waals surface area contributed by atoms with Gasteiger partial charge < -0.3 is 10.6 Å². The molecule has 0 saturated carbocycles. The van der Waals surface area contributed by atoms with Gasteiger partial charge in [-0.05, 0) is 69.8 Å². The molecule has 138 valence electrons. The van der Waals surface area contributed by atoms with Gasteiger partial charge in [-0.3, -0.25) is 9.69 Å². The van der Waals surface area contributed by atoms with Crippen molar-refractivity contribution < 1.29 is 13.6 Å². The van der Waals surface area contributed by atoms with Crippen LogP contribution in [0.4, 0.5) is 8.78 Å². The second kappa shape index (κ2) is 8.23. The molecule has 2 saturated heterocycles. The lowest BCUT2D eigenvalue weighted by Gasteiger charge is -2.37. The first-order valence-corrected chi connectivity index (χ1v) is 9.24. The number of hydrogen-bond donors (Lipinski definition) is 2. The minimum absolute atomic E-state index is 0.0555. The van der Waals surface area contributed by atoms with Crippen LogP contribution in [0.1, 0.15) is 44.2 Å². The lowest BCUT2D eigenvalue weighted by atomic mass is 9.95. The summed E-state index contributed by atoms with van der Waals surface area (Å²) in [5.41, 5.74) is 0.403. The average molecular weight is 351 g/mol. The van der Waals surface area contributed by atoms with Crippen molar-refractivity contribution in [3.05, 3.63) is 35.4 Å². The summed E-state index contributed by atoms with van der Waals surface area (Å²) in [7, 11) is 0. The highest BCUT2D eigenvalue weighted by Gasteiger charge is 2.27. The third-order valence-electron chi connectivity index (χ3n) is 5.45. The van der Waals surface area contributed by atoms with E-state index in [2.05, 4.69) is 15.5 Å². The topological polar surface area (TPSA) is 44.4 Å². The van der Waals surface area contributed by atoms with Gasteiger partial charge in [-0.15, -0.1) is 0 Å². The van der Waals surface area contributed by atoms with Gasteiger partial charge in [-0.1, -0.05) is 0 Å². The third kappa shape index (κ3) is 4.55. The Balaban J connectivity index is 1.55. The average Bonchev–Trinajstić information content (AvgIpc) is 3.16. The van der Waals surface area contributed by atoms with E-state index < -0.39 is 5.82 Å². The molecule has 0 bridgehead atoms. The highest BCUT2D eigenvalue weighted by Crippen LogP contribution is 2.28. The van der Waals surface area contributed by atoms with Gasteiger partial charge >= 0.3 is 0 Å². The van der Waals surface area contributed by atoms with Crippen LogP contribution in [0.15, 0.2) is 18.2 Å². The summed E-state index contributed by atoms with van der Waals surface area (Å²) >= 11 is 0. The van der Waals surface area contributed by atoms with E-state index in [4.69, 9.17) is 0 Å². The second-order valence-electron chi connectivity index (χ2n) is 7.24. The lowest BCUT2D eigenvalue weighted by Crippen LogP contribution is -2.46. The van der Waals surface area contributed by atoms with Gasteiger partial charge in [0.05, 0.1) is 6.04 Å². The number of amides is 1. The molecule has 2 N–H and O–H groups in total. The molecule has 1 aromatic rings. The smallest absolute Gasteiger partial charge is 0.237 e. The summed E-state index contributed by atoms with van der Waals surface area (Å²) in [4.78, 5) is 14.3. The summed E-state index contributed by atoms with van der Waals surface area (Å²) < 4.78 is 27.5. The zero-order valence-corrected chi connectivity index (χ0v) is 14.7. The van der Waals surface area contributed by atoms with Gasteiger partial charge in [0.25, 0.3) is 0 Å². The minimum atomic E-state index is -0.409. The molecule has 2 aliphatic rings. The summed E-state index contributed by atoms with van der Waals surface area (Å²) in [5, 5.41) is 6.26. The van der Waals surface area contributed by atoms with E-state index >= 15 is 0 Å². The molecule has 0 radical (unpaired) electrons. The van der Waals surface area contributed by atoms with Gasteiger partial charge in [0, 0.05) is 24.7 Å². The van der Waals surface area contributed by atoms with Crippen LogP contribution in [-0.4, -0.2) is 43.0 Å². The van der Waals surface area contributed by atoms with E-state index in [1.54, 1.807) is 0 Å². The highest BCUT2D eigenvalue weighted by molar-refractivity contribution is 5.81. The number of likely N-dealkylation sites (tertiary alicyclic amines) is 1. The van der Waals surface area contributed by atoms with Crippen molar-refractivity contribution in [3.8, 4) is 0 Å². The summed E-state index contributed by atoms with van der Waals surface area (Å²) in [6, 6.07) is 3.40. The predicted molar refractivity (Wildman–Crippen MR) is 93.1 cm³/mol. The van der Waals surface area contributed by atoms with Gasteiger partial charge in [0.15, 0.2) is 0 Å². The largest absolute Gasteiger partial charge is 0.354 e. The molecule has 3 unspecified atom stereocenters. The van der Waals surface area contributed by atoms with Gasteiger partial charge in [-0.25, -0.2) is 8.78 Å². The van der Waals surface area contributed by atoms with Crippen LogP contribution in [-0.2, 0) is 4.79 Å².